The third-order valence-corrected chi connectivity index (χ3v) is 4.63. The van der Waals surface area contributed by atoms with Crippen molar-refractivity contribution in [1.29, 1.82) is 0 Å². The smallest absolute Gasteiger partial charge is 0.387 e. The highest BCUT2D eigenvalue weighted by atomic mass is 19.3. The number of pyridine rings is 2. The fourth-order valence-electron chi connectivity index (χ4n) is 3.29. The van der Waals surface area contributed by atoms with E-state index in [0.29, 0.717) is 29.4 Å². The van der Waals surface area contributed by atoms with Crippen molar-refractivity contribution in [1.82, 2.24) is 19.7 Å². The summed E-state index contributed by atoms with van der Waals surface area (Å²) in [5, 5.41) is 6.01. The first-order valence-corrected chi connectivity index (χ1v) is 8.66. The summed E-state index contributed by atoms with van der Waals surface area (Å²) in [4.78, 5) is 8.71. The number of aromatic nitrogens is 3. The predicted molar refractivity (Wildman–Crippen MR) is 94.8 cm³/mol. The zero-order valence-corrected chi connectivity index (χ0v) is 14.5. The maximum absolute atomic E-state index is 13.1. The van der Waals surface area contributed by atoms with E-state index in [1.807, 2.05) is 0 Å². The number of nitrogens with one attached hydrogen (secondary N) is 2. The lowest BCUT2D eigenvalue weighted by molar-refractivity contribution is -0.0501. The largest absolute Gasteiger partial charge is 0.433 e. The number of fused-ring (bicyclic) bond motifs is 1. The van der Waals surface area contributed by atoms with Gasteiger partial charge in [-0.25, -0.2) is 18.7 Å². The molecule has 0 unspecified atom stereocenters. The summed E-state index contributed by atoms with van der Waals surface area (Å²) in [6.45, 7) is -2.27. The maximum Gasteiger partial charge on any atom is 0.387 e. The van der Waals surface area contributed by atoms with E-state index in [4.69, 9.17) is 0 Å². The highest BCUT2D eigenvalue weighted by molar-refractivity contribution is 5.62. The second-order valence-electron chi connectivity index (χ2n) is 6.43. The van der Waals surface area contributed by atoms with E-state index in [0.717, 1.165) is 0 Å². The van der Waals surface area contributed by atoms with E-state index in [1.54, 1.807) is 34.9 Å². The Morgan fingerprint density at radius 3 is 2.79 bits per heavy atom. The Morgan fingerprint density at radius 1 is 1.14 bits per heavy atom. The molecule has 1 aliphatic heterocycles. The monoisotopic (exact) mass is 395 g/mol. The van der Waals surface area contributed by atoms with Crippen LogP contribution in [0, 0.1) is 5.92 Å². The number of anilines is 1. The van der Waals surface area contributed by atoms with E-state index in [1.165, 1.54) is 12.3 Å². The van der Waals surface area contributed by atoms with Crippen molar-refractivity contribution in [3.05, 3.63) is 42.7 Å². The van der Waals surface area contributed by atoms with Gasteiger partial charge in [-0.2, -0.15) is 8.78 Å². The molecule has 6 nitrogen and oxygen atoms in total. The minimum Gasteiger partial charge on any atom is -0.433 e. The number of rotatable bonds is 6. The van der Waals surface area contributed by atoms with Crippen LogP contribution in [0.25, 0.3) is 17.0 Å². The first-order chi connectivity index (χ1) is 13.5. The summed E-state index contributed by atoms with van der Waals surface area (Å²) < 4.78 is 57.2. The molecule has 0 bridgehead atoms. The van der Waals surface area contributed by atoms with Gasteiger partial charge in [-0.15, -0.1) is 0 Å². The Balaban J connectivity index is 1.62. The lowest BCUT2D eigenvalue weighted by Crippen LogP contribution is -2.32. The van der Waals surface area contributed by atoms with Crippen molar-refractivity contribution in [2.75, 3.05) is 18.4 Å². The summed E-state index contributed by atoms with van der Waals surface area (Å²) in [6.07, 6.45) is 0.536. The molecule has 1 fully saturated rings. The lowest BCUT2D eigenvalue weighted by atomic mass is 10.0. The maximum atomic E-state index is 13.1. The normalized spacial score (nSPS) is 19.6. The topological polar surface area (TPSA) is 63.5 Å². The van der Waals surface area contributed by atoms with E-state index in [-0.39, 0.29) is 12.3 Å². The molecular weight excluding hydrogens is 378 g/mol. The van der Waals surface area contributed by atoms with Gasteiger partial charge >= 0.3 is 6.61 Å². The average Bonchev–Trinajstić information content (AvgIpc) is 3.28. The van der Waals surface area contributed by atoms with Crippen LogP contribution in [0.4, 0.5) is 23.4 Å². The molecule has 0 aliphatic carbocycles. The van der Waals surface area contributed by atoms with Crippen LogP contribution < -0.4 is 15.4 Å². The number of halogens is 4. The van der Waals surface area contributed by atoms with Crippen LogP contribution in [-0.2, 0) is 0 Å². The second-order valence-corrected chi connectivity index (χ2v) is 6.43. The molecule has 0 amide bonds. The van der Waals surface area contributed by atoms with Crippen molar-refractivity contribution in [3.8, 4) is 17.1 Å². The zero-order chi connectivity index (χ0) is 19.7. The summed E-state index contributed by atoms with van der Waals surface area (Å²) in [6, 6.07) is 7.69. The standard InChI is InChI=1S/C18H17F4N5O/c19-17(20)11-6-23-7-13(11)26-15-3-1-2-12(25-15)14-8-24-16-5-4-10(9-27(14)16)28-18(21)22/h1-5,8-9,11,13,17-18,23H,6-7H2,(H,25,26)/t11-,13-/m0/s1. The molecule has 0 aromatic carbocycles. The summed E-state index contributed by atoms with van der Waals surface area (Å²) in [7, 11) is 0. The molecule has 0 radical (unpaired) electrons. The highest BCUT2D eigenvalue weighted by Gasteiger charge is 2.34. The number of hydrogen-bond acceptors (Lipinski definition) is 5. The van der Waals surface area contributed by atoms with Gasteiger partial charge < -0.3 is 15.4 Å². The van der Waals surface area contributed by atoms with Crippen molar-refractivity contribution < 1.29 is 22.3 Å². The SMILES string of the molecule is FC(F)Oc1ccc2ncc(-c3cccc(N[C@H]4CNC[C@@H]4C(F)F)n3)n2c1. The summed E-state index contributed by atoms with van der Waals surface area (Å²) in [5.74, 6) is -0.352. The van der Waals surface area contributed by atoms with E-state index in [9.17, 15) is 17.6 Å². The Bertz CT molecular complexity index is 964. The number of nitrogens with zero attached hydrogens (tertiary/aromatic N) is 3. The fourth-order valence-corrected chi connectivity index (χ4v) is 3.29. The van der Waals surface area contributed by atoms with Gasteiger partial charge in [0.25, 0.3) is 0 Å². The molecule has 1 aliphatic rings. The first kappa shape index (κ1) is 18.5. The van der Waals surface area contributed by atoms with Gasteiger partial charge in [-0.05, 0) is 24.3 Å². The predicted octanol–water partition coefficient (Wildman–Crippen LogP) is 3.26. The number of hydrogen-bond donors (Lipinski definition) is 2. The third-order valence-electron chi connectivity index (χ3n) is 4.63. The quantitative estimate of drug-likeness (QED) is 0.628. The van der Waals surface area contributed by atoms with Crippen LogP contribution in [0.5, 0.6) is 5.75 Å². The number of ether oxygens (including phenoxy) is 1. The van der Waals surface area contributed by atoms with Crippen LogP contribution in [0.2, 0.25) is 0 Å². The van der Waals surface area contributed by atoms with Gasteiger partial charge in [-0.1, -0.05) is 6.07 Å². The summed E-state index contributed by atoms with van der Waals surface area (Å²) >= 11 is 0. The van der Waals surface area contributed by atoms with Gasteiger partial charge in [-0.3, -0.25) is 4.40 Å². The molecule has 2 N–H and O–H groups in total. The first-order valence-electron chi connectivity index (χ1n) is 8.66. The lowest BCUT2D eigenvalue weighted by Gasteiger charge is -2.20. The van der Waals surface area contributed by atoms with E-state index in [2.05, 4.69) is 25.3 Å². The van der Waals surface area contributed by atoms with Gasteiger partial charge in [0.1, 0.15) is 17.2 Å². The minimum absolute atomic E-state index is 0.00663. The van der Waals surface area contributed by atoms with Crippen LogP contribution in [0.15, 0.2) is 42.7 Å². The van der Waals surface area contributed by atoms with Crippen LogP contribution in [0.3, 0.4) is 0 Å². The highest BCUT2D eigenvalue weighted by Crippen LogP contribution is 2.25. The van der Waals surface area contributed by atoms with Crippen molar-refractivity contribution >= 4 is 11.5 Å². The Kier molecular flexibility index (Phi) is 5.03. The molecule has 148 valence electrons. The molecule has 1 saturated heterocycles. The average molecular weight is 395 g/mol. The molecule has 0 saturated carbocycles. The zero-order valence-electron chi connectivity index (χ0n) is 14.5. The Morgan fingerprint density at radius 2 is 2.00 bits per heavy atom. The third kappa shape index (κ3) is 3.72. The fraction of sp³-hybridized carbons (Fsp3) is 0.333. The molecule has 0 spiro atoms. The van der Waals surface area contributed by atoms with Gasteiger partial charge in [0.15, 0.2) is 0 Å². The number of imidazole rings is 1. The number of alkyl halides is 4. The van der Waals surface area contributed by atoms with E-state index >= 15 is 0 Å². The van der Waals surface area contributed by atoms with Crippen molar-refractivity contribution in [3.63, 3.8) is 0 Å². The molecule has 2 atom stereocenters. The van der Waals surface area contributed by atoms with Crippen LogP contribution in [0.1, 0.15) is 0 Å². The van der Waals surface area contributed by atoms with Crippen molar-refractivity contribution in [2.45, 2.75) is 19.1 Å². The molecular formula is C18H17F4N5O. The summed E-state index contributed by atoms with van der Waals surface area (Å²) in [5.41, 5.74) is 1.62. The second kappa shape index (κ2) is 7.63. The van der Waals surface area contributed by atoms with Gasteiger partial charge in [0.2, 0.25) is 6.43 Å². The molecule has 4 rings (SSSR count). The van der Waals surface area contributed by atoms with Gasteiger partial charge in [0, 0.05) is 19.1 Å². The van der Waals surface area contributed by atoms with Crippen LogP contribution >= 0.6 is 0 Å². The van der Waals surface area contributed by atoms with E-state index < -0.39 is 25.0 Å². The Hall–Kier alpha value is -2.88. The van der Waals surface area contributed by atoms with Crippen LogP contribution in [-0.4, -0.2) is 46.5 Å². The molecule has 3 aromatic heterocycles. The molecule has 10 heteroatoms. The molecule has 28 heavy (non-hydrogen) atoms. The van der Waals surface area contributed by atoms with Crippen molar-refractivity contribution in [2.24, 2.45) is 5.92 Å². The minimum atomic E-state index is -2.93. The Labute approximate surface area is 157 Å². The molecule has 3 aromatic rings. The molecule has 4 heterocycles. The van der Waals surface area contributed by atoms with Gasteiger partial charge in [0.05, 0.1) is 29.7 Å².